The first-order valence-corrected chi connectivity index (χ1v) is 6.37. The highest BCUT2D eigenvalue weighted by atomic mass is 16.5. The Morgan fingerprint density at radius 3 is 2.63 bits per heavy atom. The molecule has 0 aliphatic carbocycles. The fourth-order valence-electron chi connectivity index (χ4n) is 2.16. The van der Waals surface area contributed by atoms with Crippen LogP contribution in [-0.2, 0) is 11.2 Å². The number of methoxy groups -OCH3 is 1. The highest BCUT2D eigenvalue weighted by Crippen LogP contribution is 2.33. The van der Waals surface area contributed by atoms with E-state index in [9.17, 15) is 4.79 Å². The van der Waals surface area contributed by atoms with Crippen molar-refractivity contribution < 1.29 is 19.4 Å². The summed E-state index contributed by atoms with van der Waals surface area (Å²) < 4.78 is 11.2. The van der Waals surface area contributed by atoms with Crippen LogP contribution in [0.15, 0.2) is 18.2 Å². The summed E-state index contributed by atoms with van der Waals surface area (Å²) in [5.41, 5.74) is 0.496. The molecule has 5 heteroatoms. The molecule has 0 radical (unpaired) electrons. The average Bonchev–Trinajstić information content (AvgIpc) is 2.36. The third-order valence-corrected chi connectivity index (χ3v) is 3.33. The number of aliphatic carboxylic acids is 1. The number of benzene rings is 1. The van der Waals surface area contributed by atoms with Crippen LogP contribution in [-0.4, -0.2) is 36.9 Å². The Bertz CT molecular complexity index is 469. The Morgan fingerprint density at radius 2 is 2.16 bits per heavy atom. The SMILES string of the molecule is CCc1ccc(OC2(CC(=O)O)CNC2)c(OC)c1. The van der Waals surface area contributed by atoms with Crippen molar-refractivity contribution in [2.45, 2.75) is 25.4 Å². The van der Waals surface area contributed by atoms with Crippen LogP contribution < -0.4 is 14.8 Å². The molecule has 0 spiro atoms. The minimum absolute atomic E-state index is 0.0152. The molecule has 1 aromatic carbocycles. The number of hydrogen-bond donors (Lipinski definition) is 2. The van der Waals surface area contributed by atoms with Crippen LogP contribution in [0.5, 0.6) is 11.5 Å². The second-order valence-corrected chi connectivity index (χ2v) is 4.80. The third kappa shape index (κ3) is 2.98. The van der Waals surface area contributed by atoms with Gasteiger partial charge in [0.25, 0.3) is 0 Å². The largest absolute Gasteiger partial charge is 0.493 e. The van der Waals surface area contributed by atoms with Crippen LogP contribution in [0.1, 0.15) is 18.9 Å². The van der Waals surface area contributed by atoms with Crippen LogP contribution in [0.2, 0.25) is 0 Å². The Kier molecular flexibility index (Phi) is 3.95. The molecule has 0 aromatic heterocycles. The summed E-state index contributed by atoms with van der Waals surface area (Å²) >= 11 is 0. The first-order valence-electron chi connectivity index (χ1n) is 6.37. The molecule has 104 valence electrons. The summed E-state index contributed by atoms with van der Waals surface area (Å²) in [6.07, 6.45) is 0.900. The van der Waals surface area contributed by atoms with Crippen LogP contribution >= 0.6 is 0 Å². The number of rotatable bonds is 6. The smallest absolute Gasteiger partial charge is 0.307 e. The maximum absolute atomic E-state index is 10.9. The topological polar surface area (TPSA) is 67.8 Å². The zero-order valence-corrected chi connectivity index (χ0v) is 11.2. The molecule has 2 rings (SSSR count). The van der Waals surface area contributed by atoms with Gasteiger partial charge < -0.3 is 19.9 Å². The van der Waals surface area contributed by atoms with Crippen LogP contribution in [0.25, 0.3) is 0 Å². The number of carboxylic acids is 1. The number of nitrogens with one attached hydrogen (secondary N) is 1. The van der Waals surface area contributed by atoms with Gasteiger partial charge >= 0.3 is 5.97 Å². The van der Waals surface area contributed by atoms with E-state index in [-0.39, 0.29) is 6.42 Å². The molecule has 0 amide bonds. The van der Waals surface area contributed by atoms with E-state index in [4.69, 9.17) is 14.6 Å². The van der Waals surface area contributed by atoms with Crippen molar-refractivity contribution in [3.63, 3.8) is 0 Å². The van der Waals surface area contributed by atoms with Crippen LogP contribution in [0.3, 0.4) is 0 Å². The van der Waals surface area contributed by atoms with Gasteiger partial charge in [-0.15, -0.1) is 0 Å². The maximum Gasteiger partial charge on any atom is 0.307 e. The number of ether oxygens (including phenoxy) is 2. The summed E-state index contributed by atoms with van der Waals surface area (Å²) in [7, 11) is 1.59. The molecule has 1 aliphatic rings. The molecule has 5 nitrogen and oxygen atoms in total. The van der Waals surface area contributed by atoms with E-state index in [0.717, 1.165) is 12.0 Å². The predicted octanol–water partition coefficient (Wildman–Crippen LogP) is 1.45. The molecule has 1 aliphatic heterocycles. The summed E-state index contributed by atoms with van der Waals surface area (Å²) in [6.45, 7) is 3.15. The first-order chi connectivity index (χ1) is 9.08. The van der Waals surface area contributed by atoms with Crippen molar-refractivity contribution in [1.29, 1.82) is 0 Å². The molecule has 19 heavy (non-hydrogen) atoms. The van der Waals surface area contributed by atoms with Gasteiger partial charge in [-0.25, -0.2) is 0 Å². The van der Waals surface area contributed by atoms with Crippen LogP contribution in [0, 0.1) is 0 Å². The Balaban J connectivity index is 2.19. The van der Waals surface area contributed by atoms with Crippen molar-refractivity contribution in [1.82, 2.24) is 5.32 Å². The Labute approximate surface area is 112 Å². The lowest BCUT2D eigenvalue weighted by Crippen LogP contribution is -2.64. The van der Waals surface area contributed by atoms with Gasteiger partial charge in [0.15, 0.2) is 11.5 Å². The summed E-state index contributed by atoms with van der Waals surface area (Å²) in [5, 5.41) is 12.0. The van der Waals surface area contributed by atoms with Gasteiger partial charge in [-0.1, -0.05) is 13.0 Å². The predicted molar refractivity (Wildman–Crippen MR) is 70.9 cm³/mol. The van der Waals surface area contributed by atoms with Crippen molar-refractivity contribution in [3.8, 4) is 11.5 Å². The standard InChI is InChI=1S/C14H19NO4/c1-3-10-4-5-11(12(6-10)18-2)19-14(7-13(16)17)8-15-9-14/h4-6,15H,3,7-9H2,1-2H3,(H,16,17). The zero-order valence-electron chi connectivity index (χ0n) is 11.2. The number of hydrogen-bond acceptors (Lipinski definition) is 4. The number of carbonyl (C=O) groups is 1. The minimum atomic E-state index is -0.856. The summed E-state index contributed by atoms with van der Waals surface area (Å²) in [6, 6.07) is 5.74. The van der Waals surface area contributed by atoms with Crippen LogP contribution in [0.4, 0.5) is 0 Å². The molecular formula is C14H19NO4. The van der Waals surface area contributed by atoms with E-state index >= 15 is 0 Å². The molecule has 2 N–H and O–H groups in total. The minimum Gasteiger partial charge on any atom is -0.493 e. The molecule has 0 bridgehead atoms. The van der Waals surface area contributed by atoms with Gasteiger partial charge in [-0.05, 0) is 24.1 Å². The van der Waals surface area contributed by atoms with Gasteiger partial charge in [0.05, 0.1) is 13.5 Å². The van der Waals surface area contributed by atoms with Crippen molar-refractivity contribution in [2.24, 2.45) is 0 Å². The lowest BCUT2D eigenvalue weighted by molar-refractivity contribution is -0.143. The van der Waals surface area contributed by atoms with Crippen molar-refractivity contribution >= 4 is 5.97 Å². The van der Waals surface area contributed by atoms with Gasteiger partial charge in [0, 0.05) is 13.1 Å². The van der Waals surface area contributed by atoms with Gasteiger partial charge in [0.2, 0.25) is 0 Å². The maximum atomic E-state index is 10.9. The Morgan fingerprint density at radius 1 is 1.42 bits per heavy atom. The van der Waals surface area contributed by atoms with Crippen molar-refractivity contribution in [2.75, 3.05) is 20.2 Å². The van der Waals surface area contributed by atoms with E-state index < -0.39 is 11.6 Å². The molecular weight excluding hydrogens is 246 g/mol. The Hall–Kier alpha value is -1.75. The molecule has 1 fully saturated rings. The van der Waals surface area contributed by atoms with Crippen molar-refractivity contribution in [3.05, 3.63) is 23.8 Å². The molecule has 1 saturated heterocycles. The third-order valence-electron chi connectivity index (χ3n) is 3.33. The second kappa shape index (κ2) is 5.48. The fourth-order valence-corrected chi connectivity index (χ4v) is 2.16. The van der Waals surface area contributed by atoms with Gasteiger partial charge in [-0.3, -0.25) is 4.79 Å². The van der Waals surface area contributed by atoms with E-state index in [1.165, 1.54) is 0 Å². The first kappa shape index (κ1) is 13.7. The van der Waals surface area contributed by atoms with E-state index in [1.807, 2.05) is 18.2 Å². The lowest BCUT2D eigenvalue weighted by atomic mass is 9.92. The molecule has 0 atom stereocenters. The zero-order chi connectivity index (χ0) is 13.9. The van der Waals surface area contributed by atoms with E-state index in [2.05, 4.69) is 12.2 Å². The van der Waals surface area contributed by atoms with E-state index in [0.29, 0.717) is 24.6 Å². The van der Waals surface area contributed by atoms with E-state index in [1.54, 1.807) is 7.11 Å². The molecule has 1 heterocycles. The number of carboxylic acid groups (broad SMARTS) is 1. The lowest BCUT2D eigenvalue weighted by Gasteiger charge is -2.41. The quantitative estimate of drug-likeness (QED) is 0.815. The summed E-state index contributed by atoms with van der Waals surface area (Å²) in [4.78, 5) is 10.9. The molecule has 1 aromatic rings. The number of aryl methyl sites for hydroxylation is 1. The average molecular weight is 265 g/mol. The molecule has 0 unspecified atom stereocenters. The van der Waals surface area contributed by atoms with Gasteiger partial charge in [0.1, 0.15) is 5.60 Å². The molecule has 0 saturated carbocycles. The highest BCUT2D eigenvalue weighted by molar-refractivity contribution is 5.68. The summed E-state index contributed by atoms with van der Waals surface area (Å²) in [5.74, 6) is 0.393. The second-order valence-electron chi connectivity index (χ2n) is 4.80. The monoisotopic (exact) mass is 265 g/mol. The normalized spacial score (nSPS) is 16.5. The van der Waals surface area contributed by atoms with Gasteiger partial charge in [-0.2, -0.15) is 0 Å². The highest BCUT2D eigenvalue weighted by Gasteiger charge is 2.42. The fraction of sp³-hybridized carbons (Fsp3) is 0.500.